The number of thioether (sulfide) groups is 1. The number of anilines is 2. The van der Waals surface area contributed by atoms with E-state index in [1.807, 2.05) is 48.5 Å². The molecule has 3 aromatic rings. The van der Waals surface area contributed by atoms with Crippen molar-refractivity contribution in [1.82, 2.24) is 4.90 Å². The molecule has 2 heterocycles. The zero-order chi connectivity index (χ0) is 26.4. The number of carbonyl (C=O) groups is 3. The molecule has 0 saturated heterocycles. The van der Waals surface area contributed by atoms with Crippen molar-refractivity contribution in [2.45, 2.75) is 37.0 Å². The lowest BCUT2D eigenvalue weighted by atomic mass is 10.0. The van der Waals surface area contributed by atoms with E-state index in [1.165, 1.54) is 36.1 Å². The van der Waals surface area contributed by atoms with E-state index in [-0.39, 0.29) is 17.7 Å². The fraction of sp³-hybridized carbons (Fsp3) is 0.214. The predicted octanol–water partition coefficient (Wildman–Crippen LogP) is 5.30. The highest BCUT2D eigenvalue weighted by Crippen LogP contribution is 2.37. The first-order valence-electron chi connectivity index (χ1n) is 11.8. The van der Waals surface area contributed by atoms with Crippen LogP contribution in [0.3, 0.4) is 0 Å². The summed E-state index contributed by atoms with van der Waals surface area (Å²) < 4.78 is 0. The molecule has 3 amide bonds. The SMILES string of the molecule is CC(=O)N1CCc2c(sc(NC(=O)C(C)Sc3cccc(NC(=O)/C=C/c4ccccc4)c3)c2C#N)C1. The molecule has 9 heteroatoms. The average Bonchev–Trinajstić information content (AvgIpc) is 3.24. The molecule has 0 aliphatic carbocycles. The lowest BCUT2D eigenvalue weighted by Gasteiger charge is -2.25. The number of rotatable bonds is 7. The molecule has 0 saturated carbocycles. The van der Waals surface area contributed by atoms with Gasteiger partial charge in [-0.15, -0.1) is 23.1 Å². The highest BCUT2D eigenvalue weighted by molar-refractivity contribution is 8.00. The van der Waals surface area contributed by atoms with Crippen LogP contribution in [0.15, 0.2) is 65.6 Å². The zero-order valence-corrected chi connectivity index (χ0v) is 22.1. The summed E-state index contributed by atoms with van der Waals surface area (Å²) in [6.45, 7) is 4.36. The molecule has 2 aromatic carbocycles. The van der Waals surface area contributed by atoms with E-state index >= 15 is 0 Å². The second kappa shape index (κ2) is 11.9. The minimum Gasteiger partial charge on any atom is -0.337 e. The summed E-state index contributed by atoms with van der Waals surface area (Å²) >= 11 is 2.72. The quantitative estimate of drug-likeness (QED) is 0.319. The van der Waals surface area contributed by atoms with Crippen LogP contribution in [0.2, 0.25) is 0 Å². The maximum absolute atomic E-state index is 13.0. The van der Waals surface area contributed by atoms with Crippen molar-refractivity contribution in [3.8, 4) is 6.07 Å². The van der Waals surface area contributed by atoms with Gasteiger partial charge in [-0.2, -0.15) is 5.26 Å². The number of nitrogens with one attached hydrogen (secondary N) is 2. The Kier molecular flexibility index (Phi) is 8.43. The van der Waals surface area contributed by atoms with E-state index in [2.05, 4.69) is 16.7 Å². The van der Waals surface area contributed by atoms with Gasteiger partial charge in [0.2, 0.25) is 17.7 Å². The van der Waals surface area contributed by atoms with Gasteiger partial charge in [-0.05, 0) is 48.7 Å². The molecule has 7 nitrogen and oxygen atoms in total. The standard InChI is InChI=1S/C28H26N4O3S2/c1-18(27(35)31-28-24(16-29)23-13-14-32(19(2)33)17-25(23)37-28)36-22-10-6-9-21(15-22)30-26(34)12-11-20-7-4-3-5-8-20/h3-12,15,18H,13-14,17H2,1-2H3,(H,30,34)(H,31,35)/b12-11+. The van der Waals surface area contributed by atoms with Crippen LogP contribution in [-0.4, -0.2) is 34.4 Å². The van der Waals surface area contributed by atoms with Crippen LogP contribution in [0.5, 0.6) is 0 Å². The molecule has 0 bridgehead atoms. The molecule has 1 unspecified atom stereocenters. The van der Waals surface area contributed by atoms with E-state index < -0.39 is 5.25 Å². The van der Waals surface area contributed by atoms with Crippen molar-refractivity contribution in [1.29, 1.82) is 5.26 Å². The summed E-state index contributed by atoms with van der Waals surface area (Å²) in [5, 5.41) is 15.6. The van der Waals surface area contributed by atoms with Crippen LogP contribution < -0.4 is 10.6 Å². The Labute approximate surface area is 224 Å². The van der Waals surface area contributed by atoms with Crippen molar-refractivity contribution in [3.05, 3.63) is 82.2 Å². The first-order chi connectivity index (χ1) is 17.8. The van der Waals surface area contributed by atoms with Crippen LogP contribution in [0.25, 0.3) is 6.08 Å². The number of amides is 3. The van der Waals surface area contributed by atoms with Gasteiger partial charge in [-0.25, -0.2) is 0 Å². The third kappa shape index (κ3) is 6.67. The lowest BCUT2D eigenvalue weighted by molar-refractivity contribution is -0.129. The Hall–Kier alpha value is -3.87. The lowest BCUT2D eigenvalue weighted by Crippen LogP contribution is -2.33. The number of carbonyl (C=O) groups excluding carboxylic acids is 3. The molecule has 0 spiro atoms. The molecule has 2 N–H and O–H groups in total. The summed E-state index contributed by atoms with van der Waals surface area (Å²) in [6.07, 6.45) is 3.83. The van der Waals surface area contributed by atoms with Crippen molar-refractivity contribution in [3.63, 3.8) is 0 Å². The number of nitrogens with zero attached hydrogens (tertiary/aromatic N) is 2. The van der Waals surface area contributed by atoms with Gasteiger partial charge < -0.3 is 15.5 Å². The number of fused-ring (bicyclic) bond motifs is 1. The van der Waals surface area contributed by atoms with Crippen LogP contribution >= 0.6 is 23.1 Å². The Morgan fingerprint density at radius 2 is 1.92 bits per heavy atom. The number of benzene rings is 2. The number of hydrogen-bond donors (Lipinski definition) is 2. The summed E-state index contributed by atoms with van der Waals surface area (Å²) in [5.74, 6) is -0.464. The predicted molar refractivity (Wildman–Crippen MR) is 148 cm³/mol. The van der Waals surface area contributed by atoms with Crippen molar-refractivity contribution >= 4 is 57.6 Å². The molecule has 1 atom stereocenters. The van der Waals surface area contributed by atoms with Gasteiger partial charge in [0.1, 0.15) is 11.1 Å². The molecule has 4 rings (SSSR count). The van der Waals surface area contributed by atoms with Crippen molar-refractivity contribution in [2.24, 2.45) is 0 Å². The van der Waals surface area contributed by atoms with Crippen LogP contribution in [0.4, 0.5) is 10.7 Å². The highest BCUT2D eigenvalue weighted by Gasteiger charge is 2.27. The normalized spacial score (nSPS) is 13.5. The van der Waals surface area contributed by atoms with Gasteiger partial charge in [0, 0.05) is 35.0 Å². The topological polar surface area (TPSA) is 102 Å². The molecular weight excluding hydrogens is 504 g/mol. The number of nitriles is 1. The minimum absolute atomic E-state index is 0.00111. The third-order valence-electron chi connectivity index (χ3n) is 5.86. The van der Waals surface area contributed by atoms with E-state index in [4.69, 9.17) is 0 Å². The number of thiophene rings is 1. The average molecular weight is 531 g/mol. The maximum Gasteiger partial charge on any atom is 0.248 e. The minimum atomic E-state index is -0.441. The van der Waals surface area contributed by atoms with Crippen LogP contribution in [0.1, 0.15) is 35.4 Å². The second-order valence-corrected chi connectivity index (χ2v) is 11.0. The second-order valence-electron chi connectivity index (χ2n) is 8.52. The van der Waals surface area contributed by atoms with E-state index in [1.54, 1.807) is 24.0 Å². The van der Waals surface area contributed by atoms with Crippen LogP contribution in [0, 0.1) is 11.3 Å². The highest BCUT2D eigenvalue weighted by atomic mass is 32.2. The molecular formula is C28H26N4O3S2. The monoisotopic (exact) mass is 530 g/mol. The molecule has 1 aliphatic rings. The third-order valence-corrected chi connectivity index (χ3v) is 8.09. The zero-order valence-electron chi connectivity index (χ0n) is 20.5. The Bertz CT molecular complexity index is 1390. The Morgan fingerprint density at radius 1 is 1.14 bits per heavy atom. The molecule has 188 valence electrons. The van der Waals surface area contributed by atoms with Crippen LogP contribution in [-0.2, 0) is 27.3 Å². The molecule has 0 radical (unpaired) electrons. The largest absolute Gasteiger partial charge is 0.337 e. The number of hydrogen-bond acceptors (Lipinski definition) is 6. The fourth-order valence-corrected chi connectivity index (χ4v) is 6.06. The van der Waals surface area contributed by atoms with Gasteiger partial charge in [-0.1, -0.05) is 36.4 Å². The summed E-state index contributed by atoms with van der Waals surface area (Å²) in [4.78, 5) is 40.6. The van der Waals surface area contributed by atoms with Gasteiger partial charge in [0.15, 0.2) is 0 Å². The van der Waals surface area contributed by atoms with Gasteiger partial charge in [0.05, 0.1) is 17.4 Å². The fourth-order valence-electron chi connectivity index (χ4n) is 3.92. The maximum atomic E-state index is 13.0. The summed E-state index contributed by atoms with van der Waals surface area (Å²) in [5.41, 5.74) is 2.98. The van der Waals surface area contributed by atoms with Gasteiger partial charge in [-0.3, -0.25) is 14.4 Å². The molecule has 37 heavy (non-hydrogen) atoms. The van der Waals surface area contributed by atoms with Gasteiger partial charge >= 0.3 is 0 Å². The Balaban J connectivity index is 1.38. The van der Waals surface area contributed by atoms with E-state index in [9.17, 15) is 19.6 Å². The van der Waals surface area contributed by atoms with E-state index in [0.717, 1.165) is 20.9 Å². The molecule has 1 aromatic heterocycles. The van der Waals surface area contributed by atoms with Crippen molar-refractivity contribution < 1.29 is 14.4 Å². The smallest absolute Gasteiger partial charge is 0.248 e. The molecule has 1 aliphatic heterocycles. The summed E-state index contributed by atoms with van der Waals surface area (Å²) in [6, 6.07) is 19.1. The first kappa shape index (κ1) is 26.2. The first-order valence-corrected chi connectivity index (χ1v) is 13.5. The van der Waals surface area contributed by atoms with Crippen molar-refractivity contribution in [2.75, 3.05) is 17.2 Å². The molecule has 0 fully saturated rings. The Morgan fingerprint density at radius 3 is 2.65 bits per heavy atom. The summed E-state index contributed by atoms with van der Waals surface area (Å²) in [7, 11) is 0. The van der Waals surface area contributed by atoms with E-state index in [0.29, 0.717) is 35.8 Å². The van der Waals surface area contributed by atoms with Gasteiger partial charge in [0.25, 0.3) is 0 Å².